The molecule has 0 unspecified atom stereocenters. The Balaban J connectivity index is 1.79. The van der Waals surface area contributed by atoms with Crippen molar-refractivity contribution in [1.29, 1.82) is 5.26 Å². The molecule has 1 amide bonds. The molecule has 37 heavy (non-hydrogen) atoms. The van der Waals surface area contributed by atoms with Gasteiger partial charge in [0.05, 0.1) is 16.2 Å². The van der Waals surface area contributed by atoms with Gasteiger partial charge in [-0.15, -0.1) is 0 Å². The van der Waals surface area contributed by atoms with E-state index < -0.39 is 16.2 Å². The molecule has 1 aromatic heterocycles. The van der Waals surface area contributed by atoms with Gasteiger partial charge in [-0.05, 0) is 43.5 Å². The Morgan fingerprint density at radius 2 is 1.84 bits per heavy atom. The van der Waals surface area contributed by atoms with Crippen molar-refractivity contribution >= 4 is 34.6 Å². The quantitative estimate of drug-likeness (QED) is 0.414. The predicted molar refractivity (Wildman–Crippen MR) is 136 cm³/mol. The van der Waals surface area contributed by atoms with Crippen LogP contribution in [-0.2, 0) is 15.0 Å². The monoisotopic (exact) mass is 491 g/mol. The number of non-ortho nitro benzene ring substituents is 1. The first-order valence-electron chi connectivity index (χ1n) is 11.9. The molecule has 9 heteroatoms. The highest BCUT2D eigenvalue weighted by Crippen LogP contribution is 2.56. The smallest absolute Gasteiger partial charge is 0.271 e. The molecule has 0 bridgehead atoms. The molecule has 3 heterocycles. The fourth-order valence-corrected chi connectivity index (χ4v) is 5.83. The van der Waals surface area contributed by atoms with E-state index in [4.69, 9.17) is 0 Å². The molecule has 0 saturated heterocycles. The molecule has 3 aromatic rings. The van der Waals surface area contributed by atoms with Gasteiger partial charge in [0, 0.05) is 53.5 Å². The summed E-state index contributed by atoms with van der Waals surface area (Å²) in [5, 5.41) is 25.3. The van der Waals surface area contributed by atoms with E-state index >= 15 is 0 Å². The number of hydrogen-bond donors (Lipinski definition) is 1. The maximum absolute atomic E-state index is 13.9. The van der Waals surface area contributed by atoms with Gasteiger partial charge in [-0.3, -0.25) is 24.6 Å². The molecule has 1 spiro atoms. The number of ketones is 1. The molecule has 0 saturated carbocycles. The average molecular weight is 492 g/mol. The number of fused-ring (bicyclic) bond motifs is 3. The molecular formula is C28H21N5O4. The number of nitrogens with zero attached hydrogens (tertiary/aromatic N) is 4. The highest BCUT2D eigenvalue weighted by Gasteiger charge is 2.60. The zero-order valence-corrected chi connectivity index (χ0v) is 19.9. The Kier molecular flexibility index (Phi) is 4.88. The predicted octanol–water partition coefficient (Wildman–Crippen LogP) is 4.81. The molecular weight excluding hydrogens is 470 g/mol. The summed E-state index contributed by atoms with van der Waals surface area (Å²) in [5.74, 6) is -0.287. The van der Waals surface area contributed by atoms with Crippen LogP contribution in [0.15, 0.2) is 83.8 Å². The van der Waals surface area contributed by atoms with Gasteiger partial charge in [0.15, 0.2) is 5.78 Å². The minimum Gasteiger partial charge on any atom is -0.324 e. The minimum absolute atomic E-state index is 0.0889. The zero-order valence-electron chi connectivity index (χ0n) is 19.9. The molecule has 1 aliphatic carbocycles. The van der Waals surface area contributed by atoms with Crippen LogP contribution in [-0.4, -0.2) is 21.2 Å². The van der Waals surface area contributed by atoms with Crippen molar-refractivity contribution in [3.05, 3.63) is 105 Å². The number of nitriles is 1. The van der Waals surface area contributed by atoms with Gasteiger partial charge in [-0.1, -0.05) is 24.3 Å². The number of hydrogen-bond acceptors (Lipinski definition) is 6. The first-order chi connectivity index (χ1) is 17.9. The molecule has 182 valence electrons. The van der Waals surface area contributed by atoms with Crippen LogP contribution >= 0.6 is 0 Å². The summed E-state index contributed by atoms with van der Waals surface area (Å²) in [7, 11) is 0. The molecule has 9 nitrogen and oxygen atoms in total. The summed E-state index contributed by atoms with van der Waals surface area (Å²) < 4.78 is 1.73. The Hall–Kier alpha value is -4.97. The number of para-hydroxylation sites is 1. The normalized spacial score (nSPS) is 20.6. The first kappa shape index (κ1) is 22.5. The number of anilines is 2. The van der Waals surface area contributed by atoms with Crippen molar-refractivity contribution in [1.82, 2.24) is 4.57 Å². The molecule has 0 fully saturated rings. The fraction of sp³-hybridized carbons (Fsp3) is 0.179. The number of nitro benzene ring substituents is 1. The second kappa shape index (κ2) is 8.03. The number of nitrogens with one attached hydrogen (secondary N) is 1. The lowest BCUT2D eigenvalue weighted by Gasteiger charge is -2.45. The lowest BCUT2D eigenvalue weighted by atomic mass is 9.63. The van der Waals surface area contributed by atoms with E-state index in [1.54, 1.807) is 64.3 Å². The molecule has 1 atom stereocenters. The Bertz CT molecular complexity index is 1630. The second-order valence-electron chi connectivity index (χ2n) is 9.31. The summed E-state index contributed by atoms with van der Waals surface area (Å²) in [4.78, 5) is 40.7. The number of rotatable bonds is 3. The van der Waals surface area contributed by atoms with Crippen LogP contribution in [0.2, 0.25) is 0 Å². The lowest BCUT2D eigenvalue weighted by Crippen LogP contribution is -2.49. The molecule has 0 radical (unpaired) electrons. The number of carbonyl (C=O) groups excluding carboxylic acids is 2. The van der Waals surface area contributed by atoms with Gasteiger partial charge in [0.25, 0.3) is 5.69 Å². The number of Topliss-reactive ketones (excluding diaryl/α,β-unsaturated/α-hetero) is 1. The van der Waals surface area contributed by atoms with Crippen LogP contribution in [0.3, 0.4) is 0 Å². The summed E-state index contributed by atoms with van der Waals surface area (Å²) >= 11 is 0. The highest BCUT2D eigenvalue weighted by atomic mass is 16.6. The van der Waals surface area contributed by atoms with E-state index in [2.05, 4.69) is 11.4 Å². The van der Waals surface area contributed by atoms with E-state index in [9.17, 15) is 25.0 Å². The zero-order chi connectivity index (χ0) is 25.9. The van der Waals surface area contributed by atoms with E-state index in [-0.39, 0.29) is 29.0 Å². The third-order valence-electron chi connectivity index (χ3n) is 7.37. The highest BCUT2D eigenvalue weighted by molar-refractivity contribution is 6.21. The summed E-state index contributed by atoms with van der Waals surface area (Å²) in [6, 6.07) is 17.5. The first-order valence-corrected chi connectivity index (χ1v) is 11.9. The maximum Gasteiger partial charge on any atom is 0.271 e. The molecule has 1 N–H and O–H groups in total. The lowest BCUT2D eigenvalue weighted by molar-refractivity contribution is -0.384. The van der Waals surface area contributed by atoms with E-state index in [1.165, 1.54) is 12.1 Å². The largest absolute Gasteiger partial charge is 0.324 e. The SMILES string of the molecule is Cc1ccc([N+](=O)[O-])cc1N1C2=C(C(=O)CCC2)[C@]2(C(=O)Nc3ccccc32)C(C#N)=C1n1cccc1. The van der Waals surface area contributed by atoms with Crippen molar-refractivity contribution < 1.29 is 14.5 Å². The number of carbonyl (C=O) groups is 2. The van der Waals surface area contributed by atoms with Gasteiger partial charge in [0.2, 0.25) is 5.91 Å². The van der Waals surface area contributed by atoms with Gasteiger partial charge < -0.3 is 9.88 Å². The van der Waals surface area contributed by atoms with Crippen molar-refractivity contribution in [2.45, 2.75) is 31.6 Å². The summed E-state index contributed by atoms with van der Waals surface area (Å²) in [6.07, 6.45) is 4.78. The number of amides is 1. The Morgan fingerprint density at radius 1 is 1.08 bits per heavy atom. The van der Waals surface area contributed by atoms with Gasteiger partial charge >= 0.3 is 0 Å². The van der Waals surface area contributed by atoms with Crippen LogP contribution in [0.1, 0.15) is 30.4 Å². The maximum atomic E-state index is 13.9. The average Bonchev–Trinajstić information content (AvgIpc) is 3.51. The standard InChI is InChI=1S/C28H21N5O4/c1-17-11-12-18(33(36)37)15-23(17)32-22-9-6-10-24(34)25(22)28(19-7-2-3-8-21(19)30-27(28)35)20(16-29)26(32)31-13-4-5-14-31/h2-5,7-8,11-15H,6,9-10H2,1H3,(H,30,35)/t28-/m1/s1. The number of aromatic nitrogens is 1. The molecule has 6 rings (SSSR count). The van der Waals surface area contributed by atoms with Crippen LogP contribution in [0, 0.1) is 28.4 Å². The molecule has 2 aliphatic heterocycles. The van der Waals surface area contributed by atoms with Crippen LogP contribution in [0.25, 0.3) is 5.82 Å². The van der Waals surface area contributed by atoms with Gasteiger partial charge in [0.1, 0.15) is 17.3 Å². The number of allylic oxidation sites excluding steroid dienone is 1. The summed E-state index contributed by atoms with van der Waals surface area (Å²) in [6.45, 7) is 1.82. The third kappa shape index (κ3) is 2.96. The Morgan fingerprint density at radius 3 is 2.57 bits per heavy atom. The van der Waals surface area contributed by atoms with Crippen molar-refractivity contribution in [3.8, 4) is 6.07 Å². The Labute approximate surface area is 212 Å². The van der Waals surface area contributed by atoms with Crippen LogP contribution in [0.4, 0.5) is 17.1 Å². The van der Waals surface area contributed by atoms with Crippen molar-refractivity contribution in [2.75, 3.05) is 10.2 Å². The number of nitro groups is 1. The molecule has 2 aromatic carbocycles. The van der Waals surface area contributed by atoms with Crippen molar-refractivity contribution in [2.24, 2.45) is 0 Å². The number of benzene rings is 2. The minimum atomic E-state index is -1.62. The third-order valence-corrected chi connectivity index (χ3v) is 7.37. The number of aryl methyl sites for hydroxylation is 1. The van der Waals surface area contributed by atoms with Crippen LogP contribution < -0.4 is 10.2 Å². The van der Waals surface area contributed by atoms with Crippen molar-refractivity contribution in [3.63, 3.8) is 0 Å². The van der Waals surface area contributed by atoms with Gasteiger partial charge in [-0.2, -0.15) is 5.26 Å². The second-order valence-corrected chi connectivity index (χ2v) is 9.31. The molecule has 3 aliphatic rings. The van der Waals surface area contributed by atoms with E-state index in [0.717, 1.165) is 5.56 Å². The van der Waals surface area contributed by atoms with Gasteiger partial charge in [-0.25, -0.2) is 0 Å². The van der Waals surface area contributed by atoms with E-state index in [1.807, 2.05) is 6.92 Å². The fourth-order valence-electron chi connectivity index (χ4n) is 5.83. The summed E-state index contributed by atoms with van der Waals surface area (Å²) in [5.41, 5.74) is 1.51. The topological polar surface area (TPSA) is 121 Å². The van der Waals surface area contributed by atoms with E-state index in [0.29, 0.717) is 41.3 Å². The van der Waals surface area contributed by atoms with Crippen LogP contribution in [0.5, 0.6) is 0 Å².